The Bertz CT molecular complexity index is 1170. The number of rotatable bonds is 9. The van der Waals surface area contributed by atoms with Crippen LogP contribution in [0.1, 0.15) is 64.9 Å². The lowest BCUT2D eigenvalue weighted by atomic mass is 9.98. The molecule has 1 heterocycles. The number of hydrogen-bond acceptors (Lipinski definition) is 4. The zero-order valence-corrected chi connectivity index (χ0v) is 20.9. The summed E-state index contributed by atoms with van der Waals surface area (Å²) < 4.78 is 1.74. The van der Waals surface area contributed by atoms with E-state index in [1.54, 1.807) is 4.57 Å². The Kier molecular flexibility index (Phi) is 8.40. The van der Waals surface area contributed by atoms with Crippen LogP contribution in [0.25, 0.3) is 0 Å². The second kappa shape index (κ2) is 11.3. The van der Waals surface area contributed by atoms with Gasteiger partial charge < -0.3 is 10.6 Å². The summed E-state index contributed by atoms with van der Waals surface area (Å²) >= 11 is 0. The summed E-state index contributed by atoms with van der Waals surface area (Å²) in [7, 11) is 0. The molecular formula is C28H36N4O2. The molecule has 34 heavy (non-hydrogen) atoms. The van der Waals surface area contributed by atoms with Gasteiger partial charge in [-0.15, -0.1) is 0 Å². The third-order valence-corrected chi connectivity index (χ3v) is 6.25. The Hall–Kier alpha value is -3.25. The van der Waals surface area contributed by atoms with Gasteiger partial charge in [-0.05, 0) is 57.4 Å². The maximum atomic E-state index is 13.8. The Balaban J connectivity index is 2.17. The Labute approximate surface area is 202 Å². The summed E-state index contributed by atoms with van der Waals surface area (Å²) in [6.07, 6.45) is 0.661. The van der Waals surface area contributed by atoms with E-state index in [-0.39, 0.29) is 23.4 Å². The molecule has 1 amide bonds. The van der Waals surface area contributed by atoms with Crippen LogP contribution in [0.15, 0.2) is 59.4 Å². The van der Waals surface area contributed by atoms with Crippen LogP contribution >= 0.6 is 0 Å². The minimum Gasteiger partial charge on any atom is -0.330 e. The van der Waals surface area contributed by atoms with Gasteiger partial charge in [0.15, 0.2) is 0 Å². The van der Waals surface area contributed by atoms with Crippen molar-refractivity contribution < 1.29 is 4.79 Å². The number of aryl methyl sites for hydroxylation is 2. The van der Waals surface area contributed by atoms with Crippen molar-refractivity contribution in [1.82, 2.24) is 14.5 Å². The van der Waals surface area contributed by atoms with Gasteiger partial charge in [0.1, 0.15) is 5.82 Å². The monoisotopic (exact) mass is 460 g/mol. The second-order valence-electron chi connectivity index (χ2n) is 9.25. The van der Waals surface area contributed by atoms with Crippen LogP contribution in [0.2, 0.25) is 0 Å². The van der Waals surface area contributed by atoms with Crippen molar-refractivity contribution >= 4 is 5.91 Å². The quantitative estimate of drug-likeness (QED) is 0.513. The lowest BCUT2D eigenvalue weighted by molar-refractivity contribution is 0.0601. The molecule has 0 spiro atoms. The molecule has 3 aromatic rings. The third kappa shape index (κ3) is 5.62. The molecular weight excluding hydrogens is 424 g/mol. The highest BCUT2D eigenvalue weighted by Crippen LogP contribution is 2.30. The van der Waals surface area contributed by atoms with Crippen molar-refractivity contribution in [3.05, 3.63) is 98.7 Å². The fourth-order valence-corrected chi connectivity index (χ4v) is 4.21. The highest BCUT2D eigenvalue weighted by molar-refractivity contribution is 5.94. The predicted molar refractivity (Wildman–Crippen MR) is 137 cm³/mol. The molecule has 0 bridgehead atoms. The molecule has 2 aromatic carbocycles. The van der Waals surface area contributed by atoms with Crippen molar-refractivity contribution in [1.29, 1.82) is 0 Å². The molecule has 0 aliphatic heterocycles. The van der Waals surface area contributed by atoms with E-state index in [9.17, 15) is 9.59 Å². The zero-order valence-electron chi connectivity index (χ0n) is 20.9. The number of hydrogen-bond donors (Lipinski definition) is 1. The molecule has 6 nitrogen and oxygen atoms in total. The summed E-state index contributed by atoms with van der Waals surface area (Å²) in [6.45, 7) is 11.2. The molecule has 1 atom stereocenters. The zero-order chi connectivity index (χ0) is 24.8. The number of amides is 1. The average molecular weight is 461 g/mol. The van der Waals surface area contributed by atoms with Crippen LogP contribution in [-0.2, 0) is 6.54 Å². The summed E-state index contributed by atoms with van der Waals surface area (Å²) in [4.78, 5) is 34.0. The number of nitrogens with two attached hydrogens (primary N) is 1. The molecule has 3 rings (SSSR count). The van der Waals surface area contributed by atoms with Gasteiger partial charge in [-0.1, -0.05) is 61.9 Å². The summed E-state index contributed by atoms with van der Waals surface area (Å²) in [5.74, 6) is 0.568. The number of nitrogens with zero attached hydrogens (tertiary/aromatic N) is 3. The van der Waals surface area contributed by atoms with E-state index in [1.807, 2.05) is 80.3 Å². The lowest BCUT2D eigenvalue weighted by Crippen LogP contribution is -2.43. The first-order chi connectivity index (χ1) is 16.2. The average Bonchev–Trinajstić information content (AvgIpc) is 2.82. The van der Waals surface area contributed by atoms with Gasteiger partial charge in [-0.25, -0.2) is 4.98 Å². The van der Waals surface area contributed by atoms with Crippen LogP contribution in [-0.4, -0.2) is 33.4 Å². The van der Waals surface area contributed by atoms with Crippen molar-refractivity contribution in [2.75, 3.05) is 13.1 Å². The normalized spacial score (nSPS) is 12.1. The topological polar surface area (TPSA) is 81.2 Å². The Morgan fingerprint density at radius 3 is 2.26 bits per heavy atom. The van der Waals surface area contributed by atoms with Crippen LogP contribution in [0.3, 0.4) is 0 Å². The highest BCUT2D eigenvalue weighted by Gasteiger charge is 2.32. The van der Waals surface area contributed by atoms with Crippen molar-refractivity contribution in [2.24, 2.45) is 11.7 Å². The predicted octanol–water partition coefficient (Wildman–Crippen LogP) is 4.41. The van der Waals surface area contributed by atoms with E-state index in [0.717, 1.165) is 11.1 Å². The molecule has 1 aromatic heterocycles. The van der Waals surface area contributed by atoms with Crippen LogP contribution < -0.4 is 11.3 Å². The highest BCUT2D eigenvalue weighted by atomic mass is 16.2. The maximum absolute atomic E-state index is 13.8. The first-order valence-corrected chi connectivity index (χ1v) is 11.9. The lowest BCUT2D eigenvalue weighted by Gasteiger charge is -2.35. The van der Waals surface area contributed by atoms with Gasteiger partial charge in [-0.3, -0.25) is 14.2 Å². The minimum absolute atomic E-state index is 0.0307. The van der Waals surface area contributed by atoms with E-state index in [1.165, 1.54) is 0 Å². The number of carbonyl (C=O) groups is 1. The SMILES string of the molecule is Cc1ccc(C(=O)N(CCCN)C(c2nc(C)c(C)c(=O)n2Cc2ccccc2)C(C)C)cc1. The fourth-order valence-electron chi connectivity index (χ4n) is 4.21. The van der Waals surface area contributed by atoms with Gasteiger partial charge in [0, 0.05) is 23.4 Å². The van der Waals surface area contributed by atoms with Gasteiger partial charge in [0.05, 0.1) is 12.6 Å². The van der Waals surface area contributed by atoms with Gasteiger partial charge in [-0.2, -0.15) is 0 Å². The number of benzene rings is 2. The number of carbonyl (C=O) groups excluding carboxylic acids is 1. The molecule has 0 radical (unpaired) electrons. The molecule has 0 aliphatic rings. The third-order valence-electron chi connectivity index (χ3n) is 6.25. The first kappa shape index (κ1) is 25.4. The van der Waals surface area contributed by atoms with E-state index < -0.39 is 0 Å². The Morgan fingerprint density at radius 2 is 1.68 bits per heavy atom. The fraction of sp³-hybridized carbons (Fsp3) is 0.393. The summed E-state index contributed by atoms with van der Waals surface area (Å²) in [5.41, 5.74) is 9.81. The van der Waals surface area contributed by atoms with Gasteiger partial charge in [0.25, 0.3) is 11.5 Å². The standard InChI is InChI=1S/C28H36N4O2/c1-19(2)25(31(17-9-16-29)28(34)24-14-12-20(3)13-15-24)26-30-22(5)21(4)27(33)32(26)18-23-10-7-6-8-11-23/h6-8,10-15,19,25H,9,16-18,29H2,1-5H3. The molecule has 6 heteroatoms. The maximum Gasteiger partial charge on any atom is 0.257 e. The molecule has 0 saturated heterocycles. The van der Waals surface area contributed by atoms with E-state index in [0.29, 0.717) is 48.7 Å². The van der Waals surface area contributed by atoms with E-state index in [4.69, 9.17) is 10.7 Å². The Morgan fingerprint density at radius 1 is 1.03 bits per heavy atom. The number of aromatic nitrogens is 2. The molecule has 0 aliphatic carbocycles. The van der Waals surface area contributed by atoms with E-state index in [2.05, 4.69) is 13.8 Å². The van der Waals surface area contributed by atoms with Crippen molar-refractivity contribution in [2.45, 2.75) is 53.6 Å². The van der Waals surface area contributed by atoms with Crippen LogP contribution in [0, 0.1) is 26.7 Å². The second-order valence-corrected chi connectivity index (χ2v) is 9.25. The van der Waals surface area contributed by atoms with Crippen molar-refractivity contribution in [3.63, 3.8) is 0 Å². The summed E-state index contributed by atoms with van der Waals surface area (Å²) in [5, 5.41) is 0. The molecule has 0 fully saturated rings. The van der Waals surface area contributed by atoms with Crippen LogP contribution in [0.4, 0.5) is 0 Å². The smallest absolute Gasteiger partial charge is 0.257 e. The van der Waals surface area contributed by atoms with Gasteiger partial charge in [0.2, 0.25) is 0 Å². The summed E-state index contributed by atoms with van der Waals surface area (Å²) in [6, 6.07) is 17.1. The molecule has 0 saturated carbocycles. The van der Waals surface area contributed by atoms with Crippen molar-refractivity contribution in [3.8, 4) is 0 Å². The largest absolute Gasteiger partial charge is 0.330 e. The van der Waals surface area contributed by atoms with E-state index >= 15 is 0 Å². The molecule has 1 unspecified atom stereocenters. The molecule has 180 valence electrons. The molecule has 2 N–H and O–H groups in total. The van der Waals surface area contributed by atoms with Crippen LogP contribution in [0.5, 0.6) is 0 Å². The minimum atomic E-state index is -0.379. The first-order valence-electron chi connectivity index (χ1n) is 11.9. The van der Waals surface area contributed by atoms with Gasteiger partial charge >= 0.3 is 0 Å².